The number of carbonyl (C=O) groups excluding carboxylic acids is 1. The van der Waals surface area contributed by atoms with E-state index >= 15 is 0 Å². The number of rotatable bonds is 3. The molecule has 0 heterocycles. The van der Waals surface area contributed by atoms with Crippen molar-refractivity contribution in [2.75, 3.05) is 5.73 Å². The molecule has 20 heavy (non-hydrogen) atoms. The topological polar surface area (TPSA) is 52.3 Å². The first-order valence-corrected chi connectivity index (χ1v) is 6.43. The maximum atomic E-state index is 13.4. The van der Waals surface area contributed by atoms with Crippen molar-refractivity contribution >= 4 is 27.6 Å². The van der Waals surface area contributed by atoms with Gasteiger partial charge in [-0.1, -0.05) is 18.2 Å². The van der Waals surface area contributed by atoms with Crippen LogP contribution in [0.25, 0.3) is 0 Å². The van der Waals surface area contributed by atoms with Gasteiger partial charge in [0.2, 0.25) is 0 Å². The molecule has 6 heteroatoms. The van der Waals surface area contributed by atoms with Crippen molar-refractivity contribution in [2.45, 2.75) is 6.61 Å². The van der Waals surface area contributed by atoms with Crippen molar-refractivity contribution in [3.05, 3.63) is 63.6 Å². The van der Waals surface area contributed by atoms with E-state index in [0.717, 1.165) is 6.07 Å². The highest BCUT2D eigenvalue weighted by Gasteiger charge is 2.15. The van der Waals surface area contributed by atoms with E-state index in [2.05, 4.69) is 15.9 Å². The van der Waals surface area contributed by atoms with Gasteiger partial charge >= 0.3 is 5.97 Å². The van der Waals surface area contributed by atoms with Gasteiger partial charge in [0, 0.05) is 10.0 Å². The Labute approximate surface area is 122 Å². The lowest BCUT2D eigenvalue weighted by Crippen LogP contribution is -2.08. The summed E-state index contributed by atoms with van der Waals surface area (Å²) in [5.41, 5.74) is 5.57. The van der Waals surface area contributed by atoms with E-state index in [9.17, 15) is 13.6 Å². The van der Waals surface area contributed by atoms with Crippen molar-refractivity contribution in [3.63, 3.8) is 0 Å². The summed E-state index contributed by atoms with van der Waals surface area (Å²) in [4.78, 5) is 11.9. The van der Waals surface area contributed by atoms with Crippen LogP contribution in [0.15, 0.2) is 40.9 Å². The predicted octanol–water partition coefficient (Wildman–Crippen LogP) is 3.67. The van der Waals surface area contributed by atoms with Crippen molar-refractivity contribution in [3.8, 4) is 0 Å². The van der Waals surface area contributed by atoms with Gasteiger partial charge in [-0.2, -0.15) is 0 Å². The van der Waals surface area contributed by atoms with E-state index in [0.29, 0.717) is 0 Å². The molecule has 3 nitrogen and oxygen atoms in total. The number of halogens is 3. The SMILES string of the molecule is Nc1cc(C(=O)OCc2ccccc2F)c(Br)cc1F. The highest BCUT2D eigenvalue weighted by molar-refractivity contribution is 9.10. The molecule has 0 bridgehead atoms. The molecule has 0 aliphatic carbocycles. The number of anilines is 1. The molecule has 0 saturated heterocycles. The van der Waals surface area contributed by atoms with Gasteiger partial charge < -0.3 is 10.5 Å². The molecule has 104 valence electrons. The minimum absolute atomic E-state index is 0.0836. The van der Waals surface area contributed by atoms with Crippen LogP contribution < -0.4 is 5.73 Å². The lowest BCUT2D eigenvalue weighted by molar-refractivity contribution is 0.0468. The van der Waals surface area contributed by atoms with Crippen molar-refractivity contribution < 1.29 is 18.3 Å². The summed E-state index contributed by atoms with van der Waals surface area (Å²) < 4.78 is 31.7. The summed E-state index contributed by atoms with van der Waals surface area (Å²) >= 11 is 3.05. The van der Waals surface area contributed by atoms with E-state index < -0.39 is 17.6 Å². The van der Waals surface area contributed by atoms with E-state index in [1.807, 2.05) is 0 Å². The molecule has 2 N–H and O–H groups in total. The third-order valence-corrected chi connectivity index (χ3v) is 3.28. The second-order valence-electron chi connectivity index (χ2n) is 4.02. The molecular formula is C14H10BrF2NO2. The van der Waals surface area contributed by atoms with Gasteiger partial charge in [-0.15, -0.1) is 0 Å². The summed E-state index contributed by atoms with van der Waals surface area (Å²) in [5, 5.41) is 0. The number of ether oxygens (including phenoxy) is 1. The van der Waals surface area contributed by atoms with Gasteiger partial charge in [-0.3, -0.25) is 0 Å². The van der Waals surface area contributed by atoms with Crippen LogP contribution in [0.4, 0.5) is 14.5 Å². The van der Waals surface area contributed by atoms with Crippen LogP contribution in [0, 0.1) is 11.6 Å². The minimum Gasteiger partial charge on any atom is -0.457 e. The second kappa shape index (κ2) is 6.00. The number of hydrogen-bond donors (Lipinski definition) is 1. The standard InChI is InChI=1S/C14H10BrF2NO2/c15-10-6-12(17)13(18)5-9(10)14(19)20-7-8-3-1-2-4-11(8)16/h1-6H,7,18H2. The first-order chi connectivity index (χ1) is 9.49. The molecule has 0 fully saturated rings. The zero-order chi connectivity index (χ0) is 14.7. The second-order valence-corrected chi connectivity index (χ2v) is 4.88. The number of esters is 1. The third kappa shape index (κ3) is 3.14. The van der Waals surface area contributed by atoms with Crippen molar-refractivity contribution in [1.29, 1.82) is 0 Å². The maximum Gasteiger partial charge on any atom is 0.339 e. The summed E-state index contributed by atoms with van der Waals surface area (Å²) in [6.45, 7) is -0.213. The van der Waals surface area contributed by atoms with E-state index in [4.69, 9.17) is 10.5 Å². The molecular weight excluding hydrogens is 332 g/mol. The largest absolute Gasteiger partial charge is 0.457 e. The minimum atomic E-state index is -0.716. The number of nitrogen functional groups attached to an aromatic ring is 1. The summed E-state index contributed by atoms with van der Waals surface area (Å²) in [6.07, 6.45) is 0. The average molecular weight is 342 g/mol. The van der Waals surface area contributed by atoms with Crippen LogP contribution in [-0.4, -0.2) is 5.97 Å². The average Bonchev–Trinajstić information content (AvgIpc) is 2.41. The number of hydrogen-bond acceptors (Lipinski definition) is 3. The number of benzene rings is 2. The Hall–Kier alpha value is -1.95. The van der Waals surface area contributed by atoms with Crippen LogP contribution in [0.3, 0.4) is 0 Å². The Morgan fingerprint density at radius 2 is 1.90 bits per heavy atom. The molecule has 2 rings (SSSR count). The predicted molar refractivity (Wildman–Crippen MR) is 74.0 cm³/mol. The van der Waals surface area contributed by atoms with Crippen molar-refractivity contribution in [1.82, 2.24) is 0 Å². The first kappa shape index (κ1) is 14.5. The number of carbonyl (C=O) groups is 1. The zero-order valence-corrected chi connectivity index (χ0v) is 11.8. The third-order valence-electron chi connectivity index (χ3n) is 2.62. The lowest BCUT2D eigenvalue weighted by atomic mass is 10.2. The van der Waals surface area contributed by atoms with Crippen LogP contribution in [0.5, 0.6) is 0 Å². The van der Waals surface area contributed by atoms with Gasteiger partial charge in [0.15, 0.2) is 0 Å². The highest BCUT2D eigenvalue weighted by Crippen LogP contribution is 2.24. The van der Waals surface area contributed by atoms with Gasteiger partial charge in [0.1, 0.15) is 18.2 Å². The lowest BCUT2D eigenvalue weighted by Gasteiger charge is -2.08. The Morgan fingerprint density at radius 1 is 1.20 bits per heavy atom. The molecule has 2 aromatic carbocycles. The van der Waals surface area contributed by atoms with Crippen LogP contribution in [0.2, 0.25) is 0 Å². The first-order valence-electron chi connectivity index (χ1n) is 5.64. The fraction of sp³-hybridized carbons (Fsp3) is 0.0714. The van der Waals surface area contributed by atoms with E-state index in [1.165, 1.54) is 24.3 Å². The summed E-state index contributed by atoms with van der Waals surface area (Å²) in [6, 6.07) is 8.21. The zero-order valence-electron chi connectivity index (χ0n) is 10.2. The fourth-order valence-corrected chi connectivity index (χ4v) is 2.04. The van der Waals surface area contributed by atoms with Crippen molar-refractivity contribution in [2.24, 2.45) is 0 Å². The van der Waals surface area contributed by atoms with E-state index in [-0.39, 0.29) is 27.9 Å². The Bertz CT molecular complexity index is 662. The highest BCUT2D eigenvalue weighted by atomic mass is 79.9. The molecule has 0 aliphatic heterocycles. The molecule has 0 spiro atoms. The maximum absolute atomic E-state index is 13.4. The Balaban J connectivity index is 2.13. The van der Waals surface area contributed by atoms with E-state index in [1.54, 1.807) is 6.07 Å². The molecule has 0 atom stereocenters. The molecule has 2 aromatic rings. The van der Waals surface area contributed by atoms with Crippen LogP contribution >= 0.6 is 15.9 Å². The molecule has 0 amide bonds. The van der Waals surface area contributed by atoms with Crippen LogP contribution in [-0.2, 0) is 11.3 Å². The van der Waals surface area contributed by atoms with Crippen LogP contribution in [0.1, 0.15) is 15.9 Å². The fourth-order valence-electron chi connectivity index (χ4n) is 1.56. The smallest absolute Gasteiger partial charge is 0.339 e. The Kier molecular flexibility index (Phi) is 4.34. The van der Waals surface area contributed by atoms with Gasteiger partial charge in [0.25, 0.3) is 0 Å². The molecule has 0 radical (unpaired) electrons. The van der Waals surface area contributed by atoms with Gasteiger partial charge in [0.05, 0.1) is 11.3 Å². The molecule has 0 aliphatic rings. The Morgan fingerprint density at radius 3 is 2.60 bits per heavy atom. The monoisotopic (exact) mass is 341 g/mol. The molecule has 0 saturated carbocycles. The van der Waals surface area contributed by atoms with Gasteiger partial charge in [-0.25, -0.2) is 13.6 Å². The van der Waals surface area contributed by atoms with Gasteiger partial charge in [-0.05, 0) is 34.1 Å². The molecule has 0 unspecified atom stereocenters. The summed E-state index contributed by atoms with van der Waals surface area (Å²) in [5.74, 6) is -1.81. The normalized spacial score (nSPS) is 10.3. The number of nitrogens with two attached hydrogens (primary N) is 1. The quantitative estimate of drug-likeness (QED) is 0.684. The summed E-state index contributed by atoms with van der Waals surface area (Å²) in [7, 11) is 0. The molecule has 0 aromatic heterocycles.